The summed E-state index contributed by atoms with van der Waals surface area (Å²) in [5, 5.41) is 2.99. The zero-order chi connectivity index (χ0) is 18.5. The Kier molecular flexibility index (Phi) is 5.89. The van der Waals surface area contributed by atoms with E-state index in [1.54, 1.807) is 0 Å². The van der Waals surface area contributed by atoms with Gasteiger partial charge in [0.25, 0.3) is 5.91 Å². The number of allylic oxidation sites excluding steroid dienone is 1. The lowest BCUT2D eigenvalue weighted by molar-refractivity contribution is 0.0953. The fraction of sp³-hybridized carbons (Fsp3) is 0.238. The van der Waals surface area contributed by atoms with Gasteiger partial charge in [-0.15, -0.1) is 0 Å². The Labute approximate surface area is 162 Å². The zero-order valence-electron chi connectivity index (χ0n) is 14.8. The van der Waals surface area contributed by atoms with Crippen molar-refractivity contribution in [3.8, 4) is 0 Å². The first kappa shape index (κ1) is 18.4. The topological polar surface area (TPSA) is 46.9 Å². The van der Waals surface area contributed by atoms with Gasteiger partial charge in [-0.1, -0.05) is 52.3 Å². The number of fused-ring (bicyclic) bond motifs is 1. The van der Waals surface area contributed by atoms with Crippen molar-refractivity contribution >= 4 is 32.9 Å². The van der Waals surface area contributed by atoms with E-state index in [0.717, 1.165) is 39.7 Å². The van der Waals surface area contributed by atoms with E-state index in [9.17, 15) is 4.79 Å². The second kappa shape index (κ2) is 8.32. The number of amides is 1. The molecule has 134 valence electrons. The molecule has 2 aromatic carbocycles. The molecule has 1 aromatic heterocycles. The third-order valence-corrected chi connectivity index (χ3v) is 4.46. The van der Waals surface area contributed by atoms with Crippen LogP contribution < -0.4 is 5.32 Å². The van der Waals surface area contributed by atoms with Gasteiger partial charge in [-0.3, -0.25) is 4.79 Å². The molecule has 0 unspecified atom stereocenters. The lowest BCUT2D eigenvalue weighted by Crippen LogP contribution is -2.25. The van der Waals surface area contributed by atoms with E-state index in [1.165, 1.54) is 0 Å². The molecule has 1 N–H and O–H groups in total. The Morgan fingerprint density at radius 2 is 2.04 bits per heavy atom. The van der Waals surface area contributed by atoms with Crippen LogP contribution in [0.15, 0.2) is 59.6 Å². The number of aryl methyl sites for hydroxylation is 2. The number of imidazole rings is 1. The highest BCUT2D eigenvalue weighted by Gasteiger charge is 2.11. The van der Waals surface area contributed by atoms with Crippen molar-refractivity contribution in [1.82, 2.24) is 14.9 Å². The lowest BCUT2D eigenvalue weighted by atomic mass is 10.1. The molecule has 0 aliphatic heterocycles. The smallest absolute Gasteiger partial charge is 0.251 e. The average Bonchev–Trinajstić information content (AvgIpc) is 2.95. The number of nitrogens with zero attached hydrogens (tertiary/aromatic N) is 2. The monoisotopic (exact) mass is 411 g/mol. The minimum absolute atomic E-state index is 0.0314. The minimum Gasteiger partial charge on any atom is -0.352 e. The molecule has 1 amide bonds. The molecule has 1 heterocycles. The van der Waals surface area contributed by atoms with Crippen LogP contribution in [0.3, 0.4) is 0 Å². The van der Waals surface area contributed by atoms with E-state index >= 15 is 0 Å². The van der Waals surface area contributed by atoms with Gasteiger partial charge < -0.3 is 9.88 Å². The molecule has 0 aliphatic carbocycles. The first-order valence-electron chi connectivity index (χ1n) is 8.67. The maximum atomic E-state index is 12.2. The number of hydrogen-bond donors (Lipinski definition) is 1. The average molecular weight is 412 g/mol. The van der Waals surface area contributed by atoms with Gasteiger partial charge in [0.15, 0.2) is 0 Å². The predicted octanol–water partition coefficient (Wildman–Crippen LogP) is 4.62. The first-order valence-corrected chi connectivity index (χ1v) is 9.46. The number of para-hydroxylation sites is 2. The Bertz CT molecular complexity index is 945. The molecule has 0 saturated carbocycles. The summed E-state index contributed by atoms with van der Waals surface area (Å²) in [6, 6.07) is 15.7. The van der Waals surface area contributed by atoms with Crippen LogP contribution in [0, 0.1) is 6.92 Å². The van der Waals surface area contributed by atoms with E-state index in [-0.39, 0.29) is 5.91 Å². The second-order valence-electron chi connectivity index (χ2n) is 6.35. The number of rotatable bonds is 7. The van der Waals surface area contributed by atoms with Crippen molar-refractivity contribution < 1.29 is 4.79 Å². The molecule has 26 heavy (non-hydrogen) atoms. The molecular formula is C21H22BrN3O. The summed E-state index contributed by atoms with van der Waals surface area (Å²) < 4.78 is 3.09. The van der Waals surface area contributed by atoms with E-state index < -0.39 is 0 Å². The molecular weight excluding hydrogens is 390 g/mol. The number of carbonyl (C=O) groups is 1. The van der Waals surface area contributed by atoms with E-state index in [4.69, 9.17) is 4.98 Å². The summed E-state index contributed by atoms with van der Waals surface area (Å²) in [4.78, 5) is 17.0. The summed E-state index contributed by atoms with van der Waals surface area (Å²) in [5.74, 6) is 0.979. The molecule has 3 aromatic rings. The highest BCUT2D eigenvalue weighted by atomic mass is 79.9. The van der Waals surface area contributed by atoms with Crippen molar-refractivity contribution in [2.45, 2.75) is 26.3 Å². The molecule has 3 rings (SSSR count). The molecule has 0 radical (unpaired) electrons. The van der Waals surface area contributed by atoms with Crippen LogP contribution in [0.2, 0.25) is 0 Å². The SMILES string of the molecule is C=C(Br)Cn1c(CCCNC(=O)c2cccc(C)c2)nc2ccccc21. The van der Waals surface area contributed by atoms with Gasteiger partial charge in [0.1, 0.15) is 5.82 Å². The molecule has 0 atom stereocenters. The minimum atomic E-state index is -0.0314. The van der Waals surface area contributed by atoms with Crippen LogP contribution in [0.4, 0.5) is 0 Å². The Morgan fingerprint density at radius 1 is 1.23 bits per heavy atom. The standard InChI is InChI=1S/C21H22BrN3O/c1-15-7-5-8-17(13-15)21(26)23-12-6-11-20-24-18-9-3-4-10-19(18)25(20)14-16(2)22/h3-5,7-10,13H,2,6,11-12,14H2,1H3,(H,23,26). The molecule has 5 heteroatoms. The summed E-state index contributed by atoms with van der Waals surface area (Å²) in [5.41, 5.74) is 3.88. The highest BCUT2D eigenvalue weighted by Crippen LogP contribution is 2.19. The van der Waals surface area contributed by atoms with Crippen LogP contribution >= 0.6 is 15.9 Å². The van der Waals surface area contributed by atoms with E-state index in [2.05, 4.69) is 38.5 Å². The fourth-order valence-electron chi connectivity index (χ4n) is 3.00. The van der Waals surface area contributed by atoms with Gasteiger partial charge in [-0.05, 0) is 37.6 Å². The zero-order valence-corrected chi connectivity index (χ0v) is 16.4. The molecule has 0 fully saturated rings. The van der Waals surface area contributed by atoms with Crippen LogP contribution in [0.1, 0.15) is 28.2 Å². The third-order valence-electron chi connectivity index (χ3n) is 4.21. The Hall–Kier alpha value is -2.40. The van der Waals surface area contributed by atoms with Gasteiger partial charge in [0.2, 0.25) is 0 Å². The number of carbonyl (C=O) groups excluding carboxylic acids is 1. The van der Waals surface area contributed by atoms with Crippen molar-refractivity contribution in [3.05, 3.63) is 76.5 Å². The van der Waals surface area contributed by atoms with Crippen molar-refractivity contribution in [2.24, 2.45) is 0 Å². The van der Waals surface area contributed by atoms with E-state index in [0.29, 0.717) is 18.7 Å². The van der Waals surface area contributed by atoms with Crippen LogP contribution in [0.25, 0.3) is 11.0 Å². The quantitative estimate of drug-likeness (QED) is 0.576. The van der Waals surface area contributed by atoms with Gasteiger partial charge in [-0.25, -0.2) is 4.98 Å². The van der Waals surface area contributed by atoms with Crippen molar-refractivity contribution in [1.29, 1.82) is 0 Å². The molecule has 0 aliphatic rings. The molecule has 0 bridgehead atoms. The van der Waals surface area contributed by atoms with Crippen molar-refractivity contribution in [2.75, 3.05) is 6.54 Å². The number of hydrogen-bond acceptors (Lipinski definition) is 2. The highest BCUT2D eigenvalue weighted by molar-refractivity contribution is 9.11. The summed E-state index contributed by atoms with van der Waals surface area (Å²) in [6.45, 7) is 7.24. The first-order chi connectivity index (χ1) is 12.5. The third kappa shape index (κ3) is 4.41. The predicted molar refractivity (Wildman–Crippen MR) is 110 cm³/mol. The number of halogens is 1. The molecule has 0 spiro atoms. The summed E-state index contributed by atoms with van der Waals surface area (Å²) in [7, 11) is 0. The van der Waals surface area contributed by atoms with Crippen molar-refractivity contribution in [3.63, 3.8) is 0 Å². The molecule has 0 saturated heterocycles. The van der Waals surface area contributed by atoms with Gasteiger partial charge in [-0.2, -0.15) is 0 Å². The van der Waals surface area contributed by atoms with Crippen LogP contribution in [-0.4, -0.2) is 22.0 Å². The van der Waals surface area contributed by atoms with Gasteiger partial charge in [0.05, 0.1) is 17.6 Å². The maximum Gasteiger partial charge on any atom is 0.251 e. The normalized spacial score (nSPS) is 10.8. The second-order valence-corrected chi connectivity index (χ2v) is 7.47. The number of nitrogens with one attached hydrogen (secondary N) is 1. The fourth-order valence-corrected chi connectivity index (χ4v) is 3.25. The molecule has 4 nitrogen and oxygen atoms in total. The van der Waals surface area contributed by atoms with E-state index in [1.807, 2.05) is 49.4 Å². The largest absolute Gasteiger partial charge is 0.352 e. The maximum absolute atomic E-state index is 12.2. The number of benzene rings is 2. The summed E-state index contributed by atoms with van der Waals surface area (Å²) in [6.07, 6.45) is 1.62. The lowest BCUT2D eigenvalue weighted by Gasteiger charge is -2.09. The van der Waals surface area contributed by atoms with Gasteiger partial charge in [0, 0.05) is 23.0 Å². The Morgan fingerprint density at radius 3 is 2.81 bits per heavy atom. The number of aromatic nitrogens is 2. The Balaban J connectivity index is 1.63. The van der Waals surface area contributed by atoms with Gasteiger partial charge >= 0.3 is 0 Å². The van der Waals surface area contributed by atoms with Crippen LogP contribution in [0.5, 0.6) is 0 Å². The summed E-state index contributed by atoms with van der Waals surface area (Å²) >= 11 is 3.45. The van der Waals surface area contributed by atoms with Crippen LogP contribution in [-0.2, 0) is 13.0 Å².